The molecule has 3 rings (SSSR count). The van der Waals surface area contributed by atoms with Crippen molar-refractivity contribution in [1.82, 2.24) is 10.2 Å². The summed E-state index contributed by atoms with van der Waals surface area (Å²) in [6, 6.07) is 14.1. The van der Waals surface area contributed by atoms with Gasteiger partial charge < -0.3 is 25.5 Å². The van der Waals surface area contributed by atoms with Gasteiger partial charge in [-0.1, -0.05) is 29.8 Å². The molecule has 2 aromatic carbocycles. The number of aliphatic hydroxyl groups is 1. The fourth-order valence-electron chi connectivity index (χ4n) is 3.41. The van der Waals surface area contributed by atoms with Gasteiger partial charge in [0.15, 0.2) is 0 Å². The van der Waals surface area contributed by atoms with Gasteiger partial charge in [0.1, 0.15) is 5.60 Å². The second-order valence-electron chi connectivity index (χ2n) is 7.64. The predicted octanol–water partition coefficient (Wildman–Crippen LogP) is 3.04. The van der Waals surface area contributed by atoms with E-state index in [1.54, 1.807) is 38.1 Å². The van der Waals surface area contributed by atoms with Gasteiger partial charge in [0.05, 0.1) is 6.54 Å². The molecule has 0 bridgehead atoms. The van der Waals surface area contributed by atoms with Gasteiger partial charge in [-0.05, 0) is 42.8 Å². The molecular formula is C22H27ClN4O3. The predicted molar refractivity (Wildman–Crippen MR) is 119 cm³/mol. The van der Waals surface area contributed by atoms with E-state index in [-0.39, 0.29) is 12.5 Å². The summed E-state index contributed by atoms with van der Waals surface area (Å²) in [5, 5.41) is 16.7. The van der Waals surface area contributed by atoms with Crippen LogP contribution in [0.25, 0.3) is 0 Å². The van der Waals surface area contributed by atoms with Crippen LogP contribution < -0.4 is 15.5 Å². The van der Waals surface area contributed by atoms with Gasteiger partial charge in [-0.3, -0.25) is 4.79 Å². The van der Waals surface area contributed by atoms with E-state index in [9.17, 15) is 14.7 Å². The van der Waals surface area contributed by atoms with Crippen molar-refractivity contribution >= 4 is 34.9 Å². The average Bonchev–Trinajstić information content (AvgIpc) is 2.73. The van der Waals surface area contributed by atoms with E-state index >= 15 is 0 Å². The molecule has 1 atom stereocenters. The fourth-order valence-corrected chi connectivity index (χ4v) is 3.60. The molecule has 2 aromatic rings. The Morgan fingerprint density at radius 2 is 1.80 bits per heavy atom. The number of hydrogen-bond acceptors (Lipinski definition) is 4. The van der Waals surface area contributed by atoms with Crippen LogP contribution >= 0.6 is 11.6 Å². The molecule has 8 heteroatoms. The first-order valence-electron chi connectivity index (χ1n) is 9.88. The number of urea groups is 1. The highest BCUT2D eigenvalue weighted by Crippen LogP contribution is 2.23. The lowest BCUT2D eigenvalue weighted by Crippen LogP contribution is -2.48. The van der Waals surface area contributed by atoms with Crippen LogP contribution in [0.15, 0.2) is 48.5 Å². The Hall–Kier alpha value is -2.77. The van der Waals surface area contributed by atoms with Crippen LogP contribution in [0.2, 0.25) is 5.02 Å². The molecule has 0 spiro atoms. The summed E-state index contributed by atoms with van der Waals surface area (Å²) >= 11 is 5.99. The van der Waals surface area contributed by atoms with E-state index in [2.05, 4.69) is 15.5 Å². The standard InChI is InChI=1S/C22H27ClN4O3/c1-16(28)26-9-11-27(12-10-26)20-8-4-7-19(14-20)25-21(29)24-15-22(2,30)17-5-3-6-18(23)13-17/h3-8,13-14,30H,9-12,15H2,1-2H3,(H2,24,25,29). The highest BCUT2D eigenvalue weighted by atomic mass is 35.5. The molecule has 30 heavy (non-hydrogen) atoms. The lowest BCUT2D eigenvalue weighted by molar-refractivity contribution is -0.129. The van der Waals surface area contributed by atoms with E-state index in [1.165, 1.54) is 0 Å². The molecule has 3 N–H and O–H groups in total. The molecule has 0 radical (unpaired) electrons. The topological polar surface area (TPSA) is 84.9 Å². The van der Waals surface area contributed by atoms with Crippen molar-refractivity contribution in [3.63, 3.8) is 0 Å². The van der Waals surface area contributed by atoms with Crippen molar-refractivity contribution in [2.24, 2.45) is 0 Å². The zero-order chi connectivity index (χ0) is 21.7. The molecule has 7 nitrogen and oxygen atoms in total. The minimum atomic E-state index is -1.25. The normalized spacial score (nSPS) is 16.0. The van der Waals surface area contributed by atoms with Crippen LogP contribution in [-0.2, 0) is 10.4 Å². The maximum atomic E-state index is 12.3. The third-order valence-electron chi connectivity index (χ3n) is 5.23. The maximum absolute atomic E-state index is 12.3. The van der Waals surface area contributed by atoms with Gasteiger partial charge in [0, 0.05) is 49.5 Å². The zero-order valence-electron chi connectivity index (χ0n) is 17.2. The van der Waals surface area contributed by atoms with Crippen molar-refractivity contribution in [3.8, 4) is 0 Å². The largest absolute Gasteiger partial charge is 0.384 e. The molecule has 0 saturated carbocycles. The van der Waals surface area contributed by atoms with Crippen LogP contribution in [-0.4, -0.2) is 54.7 Å². The molecule has 0 aliphatic carbocycles. The number of piperazine rings is 1. The van der Waals surface area contributed by atoms with Crippen molar-refractivity contribution < 1.29 is 14.7 Å². The highest BCUT2D eigenvalue weighted by molar-refractivity contribution is 6.30. The quantitative estimate of drug-likeness (QED) is 0.680. The number of nitrogens with zero attached hydrogens (tertiary/aromatic N) is 2. The van der Waals surface area contributed by atoms with Crippen molar-refractivity contribution in [1.29, 1.82) is 0 Å². The third kappa shape index (κ3) is 5.64. The first kappa shape index (κ1) is 21.9. The number of nitrogens with one attached hydrogen (secondary N) is 2. The summed E-state index contributed by atoms with van der Waals surface area (Å²) in [7, 11) is 0. The minimum Gasteiger partial charge on any atom is -0.384 e. The Morgan fingerprint density at radius 1 is 1.10 bits per heavy atom. The Kier molecular flexibility index (Phi) is 6.84. The number of rotatable bonds is 5. The molecule has 3 amide bonds. The van der Waals surface area contributed by atoms with Gasteiger partial charge >= 0.3 is 6.03 Å². The van der Waals surface area contributed by atoms with Crippen molar-refractivity contribution in [2.75, 3.05) is 42.9 Å². The molecule has 1 heterocycles. The Balaban J connectivity index is 1.56. The minimum absolute atomic E-state index is 0.0336. The molecule has 1 saturated heterocycles. The Bertz CT molecular complexity index is 911. The first-order chi connectivity index (χ1) is 14.2. The van der Waals surface area contributed by atoms with Crippen LogP contribution in [0.3, 0.4) is 0 Å². The van der Waals surface area contributed by atoms with E-state index in [0.717, 1.165) is 18.8 Å². The van der Waals surface area contributed by atoms with Crippen LogP contribution in [0.1, 0.15) is 19.4 Å². The van der Waals surface area contributed by atoms with Gasteiger partial charge in [-0.25, -0.2) is 4.79 Å². The number of carbonyl (C=O) groups excluding carboxylic acids is 2. The molecule has 1 aliphatic heterocycles. The number of halogens is 1. The average molecular weight is 431 g/mol. The lowest BCUT2D eigenvalue weighted by atomic mass is 9.96. The molecule has 1 fully saturated rings. The molecule has 0 aromatic heterocycles. The summed E-state index contributed by atoms with van der Waals surface area (Å²) in [5.74, 6) is 0.0930. The lowest BCUT2D eigenvalue weighted by Gasteiger charge is -2.35. The third-order valence-corrected chi connectivity index (χ3v) is 5.47. The number of carbonyl (C=O) groups is 2. The Labute approximate surface area is 181 Å². The summed E-state index contributed by atoms with van der Waals surface area (Å²) in [5.41, 5.74) is 1.02. The van der Waals surface area contributed by atoms with E-state index in [4.69, 9.17) is 11.6 Å². The van der Waals surface area contributed by atoms with E-state index in [0.29, 0.717) is 29.4 Å². The fraction of sp³-hybridized carbons (Fsp3) is 0.364. The highest BCUT2D eigenvalue weighted by Gasteiger charge is 2.24. The maximum Gasteiger partial charge on any atom is 0.319 e. The van der Waals surface area contributed by atoms with E-state index < -0.39 is 11.6 Å². The van der Waals surface area contributed by atoms with Gasteiger partial charge in [-0.15, -0.1) is 0 Å². The smallest absolute Gasteiger partial charge is 0.319 e. The molecular weight excluding hydrogens is 404 g/mol. The van der Waals surface area contributed by atoms with Crippen molar-refractivity contribution in [2.45, 2.75) is 19.4 Å². The second kappa shape index (κ2) is 9.36. The summed E-state index contributed by atoms with van der Waals surface area (Å²) in [4.78, 5) is 27.8. The number of benzene rings is 2. The second-order valence-corrected chi connectivity index (χ2v) is 8.07. The summed E-state index contributed by atoms with van der Waals surface area (Å²) in [6.07, 6.45) is 0. The number of amides is 3. The number of hydrogen-bond donors (Lipinski definition) is 3. The SMILES string of the molecule is CC(=O)N1CCN(c2cccc(NC(=O)NCC(C)(O)c3cccc(Cl)c3)c2)CC1. The molecule has 160 valence electrons. The molecule has 1 aliphatic rings. The van der Waals surface area contributed by atoms with Gasteiger partial charge in [-0.2, -0.15) is 0 Å². The van der Waals surface area contributed by atoms with Gasteiger partial charge in [0.25, 0.3) is 0 Å². The monoisotopic (exact) mass is 430 g/mol. The van der Waals surface area contributed by atoms with E-state index in [1.807, 2.05) is 29.2 Å². The first-order valence-corrected chi connectivity index (χ1v) is 10.3. The Morgan fingerprint density at radius 3 is 2.47 bits per heavy atom. The van der Waals surface area contributed by atoms with Crippen molar-refractivity contribution in [3.05, 3.63) is 59.1 Å². The molecule has 1 unspecified atom stereocenters. The van der Waals surface area contributed by atoms with Crippen LogP contribution in [0, 0.1) is 0 Å². The van der Waals surface area contributed by atoms with Crippen LogP contribution in [0.4, 0.5) is 16.2 Å². The summed E-state index contributed by atoms with van der Waals surface area (Å²) in [6.45, 7) is 6.11. The van der Waals surface area contributed by atoms with Crippen LogP contribution in [0.5, 0.6) is 0 Å². The number of anilines is 2. The zero-order valence-corrected chi connectivity index (χ0v) is 17.9. The van der Waals surface area contributed by atoms with Gasteiger partial charge in [0.2, 0.25) is 5.91 Å². The summed E-state index contributed by atoms with van der Waals surface area (Å²) < 4.78 is 0.